The Balaban J connectivity index is 1.78. The van der Waals surface area contributed by atoms with Crippen LogP contribution in [-0.4, -0.2) is 47.1 Å². The third-order valence-corrected chi connectivity index (χ3v) is 12.3. The number of methoxy groups -OCH3 is 2. The molecule has 0 N–H and O–H groups in total. The van der Waals surface area contributed by atoms with E-state index in [1.165, 1.54) is 10.4 Å². The molecule has 2 aromatic rings. The van der Waals surface area contributed by atoms with Gasteiger partial charge in [-0.3, -0.25) is 0 Å². The van der Waals surface area contributed by atoms with Crippen LogP contribution >= 0.6 is 0 Å². The first-order chi connectivity index (χ1) is 14.8. The summed E-state index contributed by atoms with van der Waals surface area (Å²) in [6.07, 6.45) is 0.663. The van der Waals surface area contributed by atoms with Crippen molar-refractivity contribution in [3.05, 3.63) is 60.7 Å². The molecule has 5 heteroatoms. The first kappa shape index (κ1) is 22.7. The number of hydrogen-bond acceptors (Lipinski definition) is 4. The first-order valence-electron chi connectivity index (χ1n) is 11.3. The summed E-state index contributed by atoms with van der Waals surface area (Å²) in [5.41, 5.74) is -0.480. The molecule has 4 nitrogen and oxygen atoms in total. The van der Waals surface area contributed by atoms with Crippen molar-refractivity contribution < 1.29 is 18.6 Å². The molecule has 2 fully saturated rings. The fourth-order valence-electron chi connectivity index (χ4n) is 6.03. The molecule has 1 saturated heterocycles. The lowest BCUT2D eigenvalue weighted by Gasteiger charge is -2.45. The zero-order valence-corrected chi connectivity index (χ0v) is 20.6. The van der Waals surface area contributed by atoms with Crippen LogP contribution < -0.4 is 10.4 Å². The molecule has 0 aromatic heterocycles. The number of ether oxygens (including phenoxy) is 3. The summed E-state index contributed by atoms with van der Waals surface area (Å²) < 4.78 is 25.4. The fraction of sp³-hybridized carbons (Fsp3) is 0.538. The van der Waals surface area contributed by atoms with Crippen molar-refractivity contribution in [2.45, 2.75) is 57.1 Å². The van der Waals surface area contributed by atoms with Crippen molar-refractivity contribution in [1.82, 2.24) is 0 Å². The van der Waals surface area contributed by atoms with E-state index in [0.717, 1.165) is 6.42 Å². The number of rotatable bonds is 7. The van der Waals surface area contributed by atoms with E-state index in [2.05, 4.69) is 88.4 Å². The highest BCUT2D eigenvalue weighted by Gasteiger charge is 2.65. The maximum atomic E-state index is 7.22. The number of benzene rings is 2. The lowest BCUT2D eigenvalue weighted by Crippen LogP contribution is -2.68. The minimum Gasteiger partial charge on any atom is -0.404 e. The summed E-state index contributed by atoms with van der Waals surface area (Å²) in [5, 5.41) is 2.49. The van der Waals surface area contributed by atoms with Crippen LogP contribution in [0.5, 0.6) is 0 Å². The standard InChI is InChI=1S/C26H36O4Si/c1-19-17-26(23(27-5)22(19)24(28-6)30-26)18-29-31(25(2,3)4,20-13-9-7-10-14-20)21-15-11-8-12-16-21/h7-16,19,22-24H,17-18H2,1-6H3/t19?,22-,23-,24?,26+/m0/s1. The smallest absolute Gasteiger partial charge is 0.261 e. The SMILES string of the molecule is COC1O[C@@]2(CO[Si](c3ccccc3)(c3ccccc3)C(C)(C)C)CC(C)[C@H]1[C@@H]2OC. The molecule has 2 bridgehead atoms. The molecular weight excluding hydrogens is 404 g/mol. The third kappa shape index (κ3) is 3.61. The Labute approximate surface area is 188 Å². The largest absolute Gasteiger partial charge is 0.404 e. The van der Waals surface area contributed by atoms with Gasteiger partial charge in [-0.1, -0.05) is 88.4 Å². The highest BCUT2D eigenvalue weighted by atomic mass is 28.4. The average molecular weight is 441 g/mol. The quantitative estimate of drug-likeness (QED) is 0.611. The Bertz CT molecular complexity index is 826. The van der Waals surface area contributed by atoms with Crippen LogP contribution in [-0.2, 0) is 18.6 Å². The Kier molecular flexibility index (Phi) is 6.18. The molecule has 2 aromatic carbocycles. The molecule has 1 aliphatic carbocycles. The monoisotopic (exact) mass is 440 g/mol. The molecule has 0 spiro atoms. The minimum atomic E-state index is -2.63. The van der Waals surface area contributed by atoms with Crippen LogP contribution in [0.3, 0.4) is 0 Å². The van der Waals surface area contributed by atoms with E-state index < -0.39 is 13.9 Å². The van der Waals surface area contributed by atoms with Crippen molar-refractivity contribution in [3.63, 3.8) is 0 Å². The van der Waals surface area contributed by atoms with E-state index in [1.807, 2.05) is 0 Å². The third-order valence-electron chi connectivity index (χ3n) is 7.29. The molecule has 2 aliphatic rings. The second kappa shape index (κ2) is 8.45. The zero-order chi connectivity index (χ0) is 22.3. The van der Waals surface area contributed by atoms with E-state index in [-0.39, 0.29) is 23.4 Å². The van der Waals surface area contributed by atoms with E-state index >= 15 is 0 Å². The van der Waals surface area contributed by atoms with Gasteiger partial charge < -0.3 is 18.6 Å². The van der Waals surface area contributed by atoms with Gasteiger partial charge >= 0.3 is 0 Å². The number of fused-ring (bicyclic) bond motifs is 2. The summed E-state index contributed by atoms with van der Waals surface area (Å²) in [5.74, 6) is 0.698. The topological polar surface area (TPSA) is 36.9 Å². The maximum Gasteiger partial charge on any atom is 0.261 e. The molecule has 2 unspecified atom stereocenters. The van der Waals surface area contributed by atoms with Gasteiger partial charge in [0.15, 0.2) is 6.29 Å². The van der Waals surface area contributed by atoms with E-state index in [1.54, 1.807) is 14.2 Å². The highest BCUT2D eigenvalue weighted by Crippen LogP contribution is 2.53. The second-order valence-electron chi connectivity index (χ2n) is 10.2. The molecule has 0 amide bonds. The van der Waals surface area contributed by atoms with Gasteiger partial charge in [0, 0.05) is 20.1 Å². The summed E-state index contributed by atoms with van der Waals surface area (Å²) in [6, 6.07) is 21.5. The van der Waals surface area contributed by atoms with Gasteiger partial charge in [0.25, 0.3) is 8.32 Å². The molecule has 1 saturated carbocycles. The van der Waals surface area contributed by atoms with Crippen molar-refractivity contribution in [2.24, 2.45) is 11.8 Å². The van der Waals surface area contributed by atoms with Crippen molar-refractivity contribution in [2.75, 3.05) is 20.8 Å². The molecule has 31 heavy (non-hydrogen) atoms. The van der Waals surface area contributed by atoms with Crippen molar-refractivity contribution >= 4 is 18.7 Å². The van der Waals surface area contributed by atoms with Crippen LogP contribution in [0.2, 0.25) is 5.04 Å². The van der Waals surface area contributed by atoms with Gasteiger partial charge in [0.2, 0.25) is 0 Å². The summed E-state index contributed by atoms with van der Waals surface area (Å²) in [7, 11) is 0.876. The van der Waals surface area contributed by atoms with Gasteiger partial charge in [-0.25, -0.2) is 0 Å². The normalized spacial score (nSPS) is 30.6. The van der Waals surface area contributed by atoms with Crippen molar-refractivity contribution in [1.29, 1.82) is 0 Å². The Morgan fingerprint density at radius 3 is 1.94 bits per heavy atom. The predicted molar refractivity (Wildman–Crippen MR) is 126 cm³/mol. The van der Waals surface area contributed by atoms with Crippen LogP contribution in [0.4, 0.5) is 0 Å². The van der Waals surface area contributed by atoms with Crippen LogP contribution in [0.1, 0.15) is 34.1 Å². The molecule has 5 atom stereocenters. The van der Waals surface area contributed by atoms with Crippen LogP contribution in [0, 0.1) is 11.8 Å². The maximum absolute atomic E-state index is 7.22. The average Bonchev–Trinajstić information content (AvgIpc) is 3.22. The van der Waals surface area contributed by atoms with Crippen LogP contribution in [0.25, 0.3) is 0 Å². The van der Waals surface area contributed by atoms with Crippen LogP contribution in [0.15, 0.2) is 60.7 Å². The minimum absolute atomic E-state index is 0.0225. The van der Waals surface area contributed by atoms with E-state index in [0.29, 0.717) is 12.5 Å². The fourth-order valence-corrected chi connectivity index (χ4v) is 10.6. The van der Waals surface area contributed by atoms with Gasteiger partial charge in [0.1, 0.15) is 5.60 Å². The summed E-state index contributed by atoms with van der Waals surface area (Å²) in [4.78, 5) is 0. The Morgan fingerprint density at radius 2 is 1.48 bits per heavy atom. The van der Waals surface area contributed by atoms with E-state index in [9.17, 15) is 0 Å². The lowest BCUT2D eigenvalue weighted by molar-refractivity contribution is -0.208. The van der Waals surface area contributed by atoms with Gasteiger partial charge in [-0.15, -0.1) is 0 Å². The first-order valence-corrected chi connectivity index (χ1v) is 13.2. The zero-order valence-electron chi connectivity index (χ0n) is 19.6. The van der Waals surface area contributed by atoms with Crippen molar-refractivity contribution in [3.8, 4) is 0 Å². The van der Waals surface area contributed by atoms with Gasteiger partial charge in [-0.05, 0) is 27.8 Å². The molecule has 1 aliphatic heterocycles. The second-order valence-corrected chi connectivity index (χ2v) is 14.5. The molecule has 1 heterocycles. The highest BCUT2D eigenvalue weighted by molar-refractivity contribution is 6.99. The lowest BCUT2D eigenvalue weighted by atomic mass is 9.96. The molecular formula is C26H36O4Si. The summed E-state index contributed by atoms with van der Waals surface area (Å²) >= 11 is 0. The summed E-state index contributed by atoms with van der Waals surface area (Å²) in [6.45, 7) is 9.68. The molecule has 0 radical (unpaired) electrons. The Hall–Kier alpha value is -1.50. The number of hydrogen-bond donors (Lipinski definition) is 0. The predicted octanol–water partition coefficient (Wildman–Crippen LogP) is 3.98. The van der Waals surface area contributed by atoms with Gasteiger partial charge in [0.05, 0.1) is 12.7 Å². The Morgan fingerprint density at radius 1 is 0.935 bits per heavy atom. The van der Waals surface area contributed by atoms with E-state index in [4.69, 9.17) is 18.6 Å². The molecule has 4 rings (SSSR count). The molecule has 168 valence electrons. The van der Waals surface area contributed by atoms with Gasteiger partial charge in [-0.2, -0.15) is 0 Å².